The van der Waals surface area contributed by atoms with Crippen molar-refractivity contribution in [2.45, 2.75) is 6.92 Å². The second-order valence-corrected chi connectivity index (χ2v) is 6.63. The first-order valence-corrected chi connectivity index (χ1v) is 8.44. The average Bonchev–Trinajstić information content (AvgIpc) is 2.91. The van der Waals surface area contributed by atoms with Gasteiger partial charge in [0, 0.05) is 12.3 Å². The van der Waals surface area contributed by atoms with E-state index < -0.39 is 18.5 Å². The lowest BCUT2D eigenvalue weighted by Crippen LogP contribution is -2.32. The van der Waals surface area contributed by atoms with Crippen LogP contribution in [0, 0.1) is 6.92 Å². The molecule has 9 heteroatoms. The van der Waals surface area contributed by atoms with Gasteiger partial charge < -0.3 is 15.0 Å². The SMILES string of the molecule is Cc1ccc(Cl)c(NC(=O)COC(=O)CN2CCSC2=O)c1Cl. The van der Waals surface area contributed by atoms with Crippen molar-refractivity contribution in [1.29, 1.82) is 0 Å². The Kier molecular flexibility index (Phi) is 6.15. The van der Waals surface area contributed by atoms with Gasteiger partial charge in [0.05, 0.1) is 15.7 Å². The number of aryl methyl sites for hydroxylation is 1. The molecule has 0 radical (unpaired) electrons. The molecule has 1 N–H and O–H groups in total. The summed E-state index contributed by atoms with van der Waals surface area (Å²) in [5.74, 6) is -0.552. The smallest absolute Gasteiger partial charge is 0.326 e. The number of benzene rings is 1. The molecule has 0 saturated carbocycles. The van der Waals surface area contributed by atoms with Gasteiger partial charge in [-0.15, -0.1) is 0 Å². The molecule has 0 bridgehead atoms. The van der Waals surface area contributed by atoms with Crippen LogP contribution < -0.4 is 5.32 Å². The number of ether oxygens (including phenoxy) is 1. The van der Waals surface area contributed by atoms with E-state index in [1.807, 2.05) is 0 Å². The van der Waals surface area contributed by atoms with E-state index in [0.717, 1.165) is 17.3 Å². The normalized spacial score (nSPS) is 14.0. The summed E-state index contributed by atoms with van der Waals surface area (Å²) in [5, 5.41) is 2.97. The number of carbonyl (C=O) groups is 3. The summed E-state index contributed by atoms with van der Waals surface area (Å²) in [6, 6.07) is 3.34. The molecule has 1 aliphatic heterocycles. The van der Waals surface area contributed by atoms with Crippen molar-refractivity contribution >= 4 is 57.8 Å². The Bertz CT molecular complexity index is 654. The van der Waals surface area contributed by atoms with Crippen LogP contribution >= 0.6 is 35.0 Å². The third kappa shape index (κ3) is 4.76. The molecule has 0 unspecified atom stereocenters. The van der Waals surface area contributed by atoms with Gasteiger partial charge in [-0.25, -0.2) is 0 Å². The lowest BCUT2D eigenvalue weighted by molar-refractivity contribution is -0.147. The molecule has 1 heterocycles. The molecule has 1 aromatic rings. The second-order valence-electron chi connectivity index (χ2n) is 4.80. The highest BCUT2D eigenvalue weighted by Gasteiger charge is 2.24. The summed E-state index contributed by atoms with van der Waals surface area (Å²) in [4.78, 5) is 36.2. The number of thioether (sulfide) groups is 1. The minimum atomic E-state index is -0.641. The van der Waals surface area contributed by atoms with E-state index in [-0.39, 0.29) is 17.5 Å². The van der Waals surface area contributed by atoms with Crippen LogP contribution in [0.2, 0.25) is 10.0 Å². The minimum Gasteiger partial charge on any atom is -0.454 e. The summed E-state index contributed by atoms with van der Waals surface area (Å²) < 4.78 is 4.86. The second kappa shape index (κ2) is 7.90. The van der Waals surface area contributed by atoms with Crippen molar-refractivity contribution in [3.8, 4) is 0 Å². The third-order valence-corrected chi connectivity index (χ3v) is 4.77. The van der Waals surface area contributed by atoms with Gasteiger partial charge in [0.1, 0.15) is 6.54 Å². The van der Waals surface area contributed by atoms with Gasteiger partial charge in [0.25, 0.3) is 11.1 Å². The van der Waals surface area contributed by atoms with Crippen LogP contribution in [0.1, 0.15) is 5.56 Å². The van der Waals surface area contributed by atoms with Crippen molar-refractivity contribution < 1.29 is 19.1 Å². The van der Waals surface area contributed by atoms with Gasteiger partial charge >= 0.3 is 5.97 Å². The average molecular weight is 377 g/mol. The van der Waals surface area contributed by atoms with Crippen LogP contribution in [-0.4, -0.2) is 47.5 Å². The fourth-order valence-electron chi connectivity index (χ4n) is 1.86. The van der Waals surface area contributed by atoms with Gasteiger partial charge in [0.15, 0.2) is 6.61 Å². The molecule has 1 saturated heterocycles. The van der Waals surface area contributed by atoms with Crippen LogP contribution in [0.15, 0.2) is 12.1 Å². The molecule has 2 amide bonds. The van der Waals surface area contributed by atoms with Crippen molar-refractivity contribution in [2.75, 3.05) is 30.8 Å². The Morgan fingerprint density at radius 2 is 2.13 bits per heavy atom. The fraction of sp³-hybridized carbons (Fsp3) is 0.357. The molecule has 1 aromatic carbocycles. The highest BCUT2D eigenvalue weighted by Crippen LogP contribution is 2.32. The first-order chi connectivity index (χ1) is 10.9. The Labute approximate surface area is 147 Å². The third-order valence-electron chi connectivity index (χ3n) is 3.08. The number of rotatable bonds is 5. The maximum Gasteiger partial charge on any atom is 0.326 e. The Balaban J connectivity index is 1.85. The maximum absolute atomic E-state index is 11.8. The molecular formula is C14H14Cl2N2O4S. The van der Waals surface area contributed by atoms with Gasteiger partial charge in [-0.1, -0.05) is 41.0 Å². The molecule has 124 valence electrons. The van der Waals surface area contributed by atoms with Crippen molar-refractivity contribution in [3.05, 3.63) is 27.7 Å². The Morgan fingerprint density at radius 1 is 1.39 bits per heavy atom. The van der Waals surface area contributed by atoms with Gasteiger partial charge in [-0.2, -0.15) is 0 Å². The van der Waals surface area contributed by atoms with Crippen LogP contribution in [0.25, 0.3) is 0 Å². The van der Waals surface area contributed by atoms with Crippen LogP contribution in [0.4, 0.5) is 10.5 Å². The van der Waals surface area contributed by atoms with Crippen LogP contribution in [-0.2, 0) is 14.3 Å². The predicted molar refractivity (Wildman–Crippen MR) is 90.2 cm³/mol. The highest BCUT2D eigenvalue weighted by atomic mass is 35.5. The summed E-state index contributed by atoms with van der Waals surface area (Å²) in [6.45, 7) is 1.64. The summed E-state index contributed by atoms with van der Waals surface area (Å²) in [5.41, 5.74) is 1.04. The molecule has 0 atom stereocenters. The molecule has 1 aliphatic rings. The topological polar surface area (TPSA) is 75.7 Å². The van der Waals surface area contributed by atoms with E-state index in [9.17, 15) is 14.4 Å². The van der Waals surface area contributed by atoms with E-state index >= 15 is 0 Å². The van der Waals surface area contributed by atoms with E-state index in [0.29, 0.717) is 22.3 Å². The predicted octanol–water partition coefficient (Wildman–Crippen LogP) is 2.95. The summed E-state index contributed by atoms with van der Waals surface area (Å²) in [6.07, 6.45) is 0. The largest absolute Gasteiger partial charge is 0.454 e. The first kappa shape index (κ1) is 17.9. The van der Waals surface area contributed by atoms with Crippen molar-refractivity contribution in [1.82, 2.24) is 4.90 Å². The molecule has 2 rings (SSSR count). The monoisotopic (exact) mass is 376 g/mol. The van der Waals surface area contributed by atoms with Crippen molar-refractivity contribution in [3.63, 3.8) is 0 Å². The van der Waals surface area contributed by atoms with E-state index in [1.54, 1.807) is 19.1 Å². The van der Waals surface area contributed by atoms with Gasteiger partial charge in [-0.3, -0.25) is 14.4 Å². The van der Waals surface area contributed by atoms with Crippen molar-refractivity contribution in [2.24, 2.45) is 0 Å². The summed E-state index contributed by atoms with van der Waals surface area (Å²) >= 11 is 13.2. The Morgan fingerprint density at radius 3 is 2.78 bits per heavy atom. The molecule has 0 spiro atoms. The quantitative estimate of drug-likeness (QED) is 0.799. The number of hydrogen-bond donors (Lipinski definition) is 1. The molecular weight excluding hydrogens is 363 g/mol. The minimum absolute atomic E-state index is 0.162. The van der Waals surface area contributed by atoms with Crippen LogP contribution in [0.3, 0.4) is 0 Å². The zero-order valence-corrected chi connectivity index (χ0v) is 14.6. The highest BCUT2D eigenvalue weighted by molar-refractivity contribution is 8.13. The molecule has 1 fully saturated rings. The van der Waals surface area contributed by atoms with E-state index in [1.165, 1.54) is 4.90 Å². The number of hydrogen-bond acceptors (Lipinski definition) is 5. The molecule has 23 heavy (non-hydrogen) atoms. The molecule has 6 nitrogen and oxygen atoms in total. The van der Waals surface area contributed by atoms with E-state index in [4.69, 9.17) is 27.9 Å². The number of halogens is 2. The summed E-state index contributed by atoms with van der Waals surface area (Å²) in [7, 11) is 0. The van der Waals surface area contributed by atoms with E-state index in [2.05, 4.69) is 5.32 Å². The number of carbonyl (C=O) groups excluding carboxylic acids is 3. The fourth-order valence-corrected chi connectivity index (χ4v) is 3.15. The lowest BCUT2D eigenvalue weighted by atomic mass is 10.2. The molecule has 0 aliphatic carbocycles. The molecule has 0 aromatic heterocycles. The first-order valence-electron chi connectivity index (χ1n) is 6.70. The van der Waals surface area contributed by atoms with Crippen LogP contribution in [0.5, 0.6) is 0 Å². The zero-order valence-electron chi connectivity index (χ0n) is 12.2. The number of amides is 2. The zero-order chi connectivity index (χ0) is 17.0. The lowest BCUT2D eigenvalue weighted by Gasteiger charge is -2.14. The maximum atomic E-state index is 11.8. The number of nitrogens with zero attached hydrogens (tertiary/aromatic N) is 1. The van der Waals surface area contributed by atoms with Gasteiger partial charge in [-0.05, 0) is 18.6 Å². The Hall–Kier alpha value is -1.44. The number of nitrogens with one attached hydrogen (secondary N) is 1. The van der Waals surface area contributed by atoms with Gasteiger partial charge in [0.2, 0.25) is 0 Å². The number of anilines is 1. The standard InChI is InChI=1S/C14H14Cl2N2O4S/c1-8-2-3-9(15)13(12(8)16)17-10(19)7-22-11(20)6-18-4-5-23-14(18)21/h2-3H,4-7H2,1H3,(H,17,19). The number of esters is 1.